The molecule has 1 aliphatic carbocycles. The monoisotopic (exact) mass is 444 g/mol. The van der Waals surface area contributed by atoms with Gasteiger partial charge in [-0.05, 0) is 12.8 Å². The van der Waals surface area contributed by atoms with Crippen LogP contribution in [0.15, 0.2) is 36.5 Å². The average molecular weight is 446 g/mol. The first kappa shape index (κ1) is 18.1. The highest BCUT2D eigenvalue weighted by molar-refractivity contribution is 9.25. The predicted molar refractivity (Wildman–Crippen MR) is 95.1 cm³/mol. The topological polar surface area (TPSA) is 66.5 Å². The molecule has 0 aromatic heterocycles. The molecule has 0 aromatic rings. The van der Waals surface area contributed by atoms with Crippen LogP contribution >= 0.6 is 31.9 Å². The lowest BCUT2D eigenvalue weighted by molar-refractivity contribution is -0.130. The van der Waals surface area contributed by atoms with Crippen LogP contribution in [0, 0.1) is 5.92 Å². The van der Waals surface area contributed by atoms with E-state index in [1.54, 1.807) is 0 Å². The number of nitrogens with one attached hydrogen (secondary N) is 1. The van der Waals surface area contributed by atoms with Gasteiger partial charge in [-0.15, -0.1) is 0 Å². The molecule has 1 saturated carbocycles. The molecule has 3 rings (SSSR count). The van der Waals surface area contributed by atoms with Crippen LogP contribution in [0.3, 0.4) is 0 Å². The molecule has 2 unspecified atom stereocenters. The van der Waals surface area contributed by atoms with Gasteiger partial charge in [0.25, 0.3) is 11.8 Å². The first-order valence-electron chi connectivity index (χ1n) is 7.24. The summed E-state index contributed by atoms with van der Waals surface area (Å²) < 4.78 is 0.0187. The summed E-state index contributed by atoms with van der Waals surface area (Å²) in [6.07, 6.45) is 5.59. The van der Waals surface area contributed by atoms with Gasteiger partial charge in [0.1, 0.15) is 3.23 Å². The zero-order valence-corrected chi connectivity index (χ0v) is 15.9. The zero-order valence-electron chi connectivity index (χ0n) is 12.8. The number of rotatable bonds is 2. The molecule has 2 heterocycles. The maximum Gasteiger partial charge on any atom is 0.258 e. The van der Waals surface area contributed by atoms with Crippen LogP contribution in [0.2, 0.25) is 0 Å². The van der Waals surface area contributed by atoms with Gasteiger partial charge in [-0.3, -0.25) is 19.7 Å². The van der Waals surface area contributed by atoms with Crippen LogP contribution in [-0.4, -0.2) is 38.9 Å². The van der Waals surface area contributed by atoms with E-state index >= 15 is 0 Å². The molecule has 23 heavy (non-hydrogen) atoms. The quantitative estimate of drug-likeness (QED) is 0.524. The molecule has 1 saturated heterocycles. The van der Waals surface area contributed by atoms with E-state index in [0.717, 1.165) is 19.3 Å². The van der Waals surface area contributed by atoms with Gasteiger partial charge in [0.2, 0.25) is 5.91 Å². The van der Waals surface area contributed by atoms with Gasteiger partial charge in [-0.25, -0.2) is 0 Å². The normalized spacial score (nSPS) is 28.3. The number of hydrogen-bond acceptors (Lipinski definition) is 3. The average Bonchev–Trinajstić information content (AvgIpc) is 2.97. The molecule has 0 bridgehead atoms. The third-order valence-corrected chi connectivity index (χ3v) is 6.41. The SMILES string of the molecule is C=CC1=C(C=C)C(=O)NC1=O.CN1C(=O)CCCC2C1C2(Br)Br. The molecule has 0 spiro atoms. The van der Waals surface area contributed by atoms with Crippen molar-refractivity contribution in [2.45, 2.75) is 28.5 Å². The van der Waals surface area contributed by atoms with Crippen molar-refractivity contribution in [3.05, 3.63) is 36.5 Å². The van der Waals surface area contributed by atoms with E-state index < -0.39 is 11.8 Å². The van der Waals surface area contributed by atoms with Gasteiger partial charge >= 0.3 is 0 Å². The predicted octanol–water partition coefficient (Wildman–Crippen LogP) is 2.42. The van der Waals surface area contributed by atoms with Gasteiger partial charge in [-0.2, -0.15) is 0 Å². The number of amides is 3. The summed E-state index contributed by atoms with van der Waals surface area (Å²) in [6.45, 7) is 6.81. The number of carbonyl (C=O) groups is 3. The highest BCUT2D eigenvalue weighted by atomic mass is 79.9. The third-order valence-electron chi connectivity index (χ3n) is 4.29. The second kappa shape index (κ2) is 6.73. The highest BCUT2D eigenvalue weighted by Gasteiger charge is 2.64. The van der Waals surface area contributed by atoms with E-state index in [-0.39, 0.29) is 9.14 Å². The fourth-order valence-electron chi connectivity index (χ4n) is 2.94. The Hall–Kier alpha value is -1.21. The van der Waals surface area contributed by atoms with Gasteiger partial charge in [0.15, 0.2) is 0 Å². The number of hydrogen-bond donors (Lipinski definition) is 1. The van der Waals surface area contributed by atoms with Gasteiger partial charge in [0.05, 0.1) is 17.2 Å². The van der Waals surface area contributed by atoms with Crippen molar-refractivity contribution in [2.75, 3.05) is 7.05 Å². The molecular formula is C16H18Br2N2O3. The second-order valence-electron chi connectivity index (χ2n) is 5.64. The standard InChI is InChI=1S/C8H11Br2NO.C8H7NO2/c1-11-6(12)4-2-3-5-7(11)8(5,9)10;1-3-5-6(4-2)8(11)9-7(5)10/h5,7H,2-4H2,1H3;3-4H,1-2H2,(H,9,10,11). The number of carbonyl (C=O) groups excluding carboxylic acids is 3. The minimum atomic E-state index is -0.403. The second-order valence-corrected chi connectivity index (χ2v) is 9.33. The van der Waals surface area contributed by atoms with Gasteiger partial charge in [-0.1, -0.05) is 57.2 Å². The van der Waals surface area contributed by atoms with Gasteiger partial charge < -0.3 is 4.90 Å². The highest BCUT2D eigenvalue weighted by Crippen LogP contribution is 2.61. The first-order valence-corrected chi connectivity index (χ1v) is 8.82. The lowest BCUT2D eigenvalue weighted by Gasteiger charge is -2.16. The van der Waals surface area contributed by atoms with E-state index in [4.69, 9.17) is 0 Å². The van der Waals surface area contributed by atoms with Crippen molar-refractivity contribution in [3.8, 4) is 0 Å². The molecule has 0 radical (unpaired) electrons. The van der Waals surface area contributed by atoms with Crippen LogP contribution in [0.5, 0.6) is 0 Å². The van der Waals surface area contributed by atoms with Gasteiger partial charge in [0, 0.05) is 19.4 Å². The van der Waals surface area contributed by atoms with Crippen LogP contribution < -0.4 is 5.32 Å². The van der Waals surface area contributed by atoms with Crippen LogP contribution in [0.4, 0.5) is 0 Å². The van der Waals surface area contributed by atoms with E-state index in [1.165, 1.54) is 12.2 Å². The molecule has 7 heteroatoms. The van der Waals surface area contributed by atoms with Crippen LogP contribution in [-0.2, 0) is 14.4 Å². The fourth-order valence-corrected chi connectivity index (χ4v) is 4.89. The van der Waals surface area contributed by atoms with Crippen LogP contribution in [0.1, 0.15) is 19.3 Å². The molecule has 1 N–H and O–H groups in total. The smallest absolute Gasteiger partial charge is 0.258 e. The Morgan fingerprint density at radius 3 is 2.17 bits per heavy atom. The fraction of sp³-hybridized carbons (Fsp3) is 0.438. The molecule has 5 nitrogen and oxygen atoms in total. The Labute approximate surface area is 152 Å². The van der Waals surface area contributed by atoms with Crippen molar-refractivity contribution in [1.29, 1.82) is 0 Å². The lowest BCUT2D eigenvalue weighted by Crippen LogP contribution is -2.30. The zero-order chi connectivity index (χ0) is 17.4. The van der Waals surface area contributed by atoms with Crippen molar-refractivity contribution in [1.82, 2.24) is 10.2 Å². The molecule has 124 valence electrons. The Bertz CT molecular complexity index is 597. The van der Waals surface area contributed by atoms with Crippen molar-refractivity contribution < 1.29 is 14.4 Å². The molecular weight excluding hydrogens is 428 g/mol. The lowest BCUT2D eigenvalue weighted by atomic mass is 10.1. The maximum absolute atomic E-state index is 11.4. The molecule has 2 aliphatic heterocycles. The number of nitrogens with zero attached hydrogens (tertiary/aromatic N) is 1. The number of likely N-dealkylation sites (tertiary alicyclic amines) is 1. The first-order chi connectivity index (χ1) is 10.8. The Morgan fingerprint density at radius 2 is 1.70 bits per heavy atom. The van der Waals surface area contributed by atoms with Crippen molar-refractivity contribution in [3.63, 3.8) is 0 Å². The van der Waals surface area contributed by atoms with E-state index in [1.807, 2.05) is 11.9 Å². The summed E-state index contributed by atoms with van der Waals surface area (Å²) in [7, 11) is 1.90. The molecule has 3 amide bonds. The summed E-state index contributed by atoms with van der Waals surface area (Å²) in [5.74, 6) is 0.0806. The Morgan fingerprint density at radius 1 is 1.17 bits per heavy atom. The molecule has 0 aromatic carbocycles. The van der Waals surface area contributed by atoms with E-state index in [9.17, 15) is 14.4 Å². The number of alkyl halides is 2. The maximum atomic E-state index is 11.4. The Balaban J connectivity index is 0.000000168. The number of fused-ring (bicyclic) bond motifs is 1. The summed E-state index contributed by atoms with van der Waals surface area (Å²) in [5.41, 5.74) is 0.593. The number of imide groups is 1. The summed E-state index contributed by atoms with van der Waals surface area (Å²) in [5, 5.41) is 2.12. The van der Waals surface area contributed by atoms with Crippen LogP contribution in [0.25, 0.3) is 0 Å². The largest absolute Gasteiger partial charge is 0.340 e. The molecule has 2 fully saturated rings. The minimum absolute atomic E-state index is 0.0187. The number of halogens is 2. The van der Waals surface area contributed by atoms with E-state index in [0.29, 0.717) is 23.1 Å². The summed E-state index contributed by atoms with van der Waals surface area (Å²) in [6, 6.07) is 0.368. The van der Waals surface area contributed by atoms with Crippen molar-refractivity contribution in [2.24, 2.45) is 5.92 Å². The van der Waals surface area contributed by atoms with Crippen molar-refractivity contribution >= 4 is 49.6 Å². The minimum Gasteiger partial charge on any atom is -0.340 e. The third kappa shape index (κ3) is 3.35. The summed E-state index contributed by atoms with van der Waals surface area (Å²) >= 11 is 7.21. The van der Waals surface area contributed by atoms with E-state index in [2.05, 4.69) is 50.3 Å². The molecule has 3 aliphatic rings. The Kier molecular flexibility index (Phi) is 5.30. The summed E-state index contributed by atoms with van der Waals surface area (Å²) in [4.78, 5) is 35.1. The molecule has 2 atom stereocenters.